The maximum absolute atomic E-state index is 12.4. The van der Waals surface area contributed by atoms with Crippen LogP contribution in [0.2, 0.25) is 0 Å². The number of para-hydroxylation sites is 1. The Labute approximate surface area is 182 Å². The molecule has 0 N–H and O–H groups in total. The quantitative estimate of drug-likeness (QED) is 0.494. The molecular formula is C18H19Br2N3O2S2. The highest BCUT2D eigenvalue weighted by Gasteiger charge is 2.19. The van der Waals surface area contributed by atoms with Crippen molar-refractivity contribution in [3.05, 3.63) is 63.2 Å². The maximum Gasteiger partial charge on any atom is 0.242 e. The van der Waals surface area contributed by atoms with E-state index < -0.39 is 10.0 Å². The van der Waals surface area contributed by atoms with Crippen molar-refractivity contribution in [3.8, 4) is 11.3 Å². The molecule has 5 nitrogen and oxygen atoms in total. The Hall–Kier alpha value is -1.26. The summed E-state index contributed by atoms with van der Waals surface area (Å²) in [5.74, 6) is 0. The van der Waals surface area contributed by atoms with Gasteiger partial charge in [0.2, 0.25) is 10.0 Å². The van der Waals surface area contributed by atoms with Gasteiger partial charge in [-0.15, -0.1) is 28.3 Å². The molecule has 0 saturated carbocycles. The first-order valence-electron chi connectivity index (χ1n) is 7.77. The summed E-state index contributed by atoms with van der Waals surface area (Å²) in [7, 11) is 1.48. The molecule has 0 amide bonds. The van der Waals surface area contributed by atoms with Crippen LogP contribution in [0.5, 0.6) is 0 Å². The normalized spacial score (nSPS) is 12.3. The predicted octanol–water partition coefficient (Wildman–Crippen LogP) is 4.58. The topological polar surface area (TPSA) is 54.7 Å². The fourth-order valence-corrected chi connectivity index (χ4v) is 4.69. The highest BCUT2D eigenvalue weighted by molar-refractivity contribution is 9.10. The van der Waals surface area contributed by atoms with E-state index in [1.807, 2.05) is 47.3 Å². The number of hydrogen-bond donors (Lipinski definition) is 0. The molecular weight excluding hydrogens is 514 g/mol. The average Bonchev–Trinajstić information content (AvgIpc) is 2.96. The van der Waals surface area contributed by atoms with Crippen LogP contribution in [0, 0.1) is 0 Å². The van der Waals surface area contributed by atoms with Crippen LogP contribution in [-0.2, 0) is 17.1 Å². The van der Waals surface area contributed by atoms with Crippen molar-refractivity contribution in [2.24, 2.45) is 12.0 Å². The molecule has 27 heavy (non-hydrogen) atoms. The second-order valence-corrected chi connectivity index (χ2v) is 9.68. The van der Waals surface area contributed by atoms with Crippen molar-refractivity contribution >= 4 is 60.0 Å². The molecule has 0 aliphatic rings. The molecule has 0 radical (unpaired) electrons. The molecule has 2 aromatic carbocycles. The number of halogens is 2. The lowest BCUT2D eigenvalue weighted by Gasteiger charge is -2.13. The summed E-state index contributed by atoms with van der Waals surface area (Å²) in [5, 5.41) is 1.98. The third kappa shape index (κ3) is 4.60. The van der Waals surface area contributed by atoms with Gasteiger partial charge in [-0.2, -0.15) is 0 Å². The van der Waals surface area contributed by atoms with Gasteiger partial charge in [-0.3, -0.25) is 0 Å². The molecule has 1 aromatic heterocycles. The van der Waals surface area contributed by atoms with Gasteiger partial charge >= 0.3 is 0 Å². The summed E-state index contributed by atoms with van der Waals surface area (Å²) < 4.78 is 28.9. The Morgan fingerprint density at radius 3 is 2.41 bits per heavy atom. The molecule has 9 heteroatoms. The lowest BCUT2D eigenvalue weighted by molar-refractivity contribution is 0.521. The van der Waals surface area contributed by atoms with E-state index in [-0.39, 0.29) is 21.9 Å². The number of aromatic nitrogens is 1. The molecule has 0 fully saturated rings. The molecule has 0 aliphatic heterocycles. The van der Waals surface area contributed by atoms with Crippen LogP contribution >= 0.6 is 44.2 Å². The first-order chi connectivity index (χ1) is 12.3. The van der Waals surface area contributed by atoms with Crippen molar-refractivity contribution in [2.75, 3.05) is 14.1 Å². The van der Waals surface area contributed by atoms with E-state index in [9.17, 15) is 8.42 Å². The van der Waals surface area contributed by atoms with E-state index in [1.54, 1.807) is 18.2 Å². The molecule has 0 atom stereocenters. The van der Waals surface area contributed by atoms with E-state index in [2.05, 4.69) is 20.9 Å². The number of benzene rings is 2. The van der Waals surface area contributed by atoms with Crippen LogP contribution < -0.4 is 4.80 Å². The summed E-state index contributed by atoms with van der Waals surface area (Å²) in [6.45, 7) is 0. The van der Waals surface area contributed by atoms with Crippen LogP contribution in [0.3, 0.4) is 0 Å². The number of hydrogen-bond acceptors (Lipinski definition) is 4. The predicted molar refractivity (Wildman–Crippen MR) is 119 cm³/mol. The fraction of sp³-hybridized carbons (Fsp3) is 0.167. The highest BCUT2D eigenvalue weighted by Crippen LogP contribution is 2.31. The van der Waals surface area contributed by atoms with Gasteiger partial charge in [-0.1, -0.05) is 34.1 Å². The van der Waals surface area contributed by atoms with Crippen molar-refractivity contribution in [1.82, 2.24) is 8.87 Å². The minimum atomic E-state index is -3.50. The van der Waals surface area contributed by atoms with Crippen LogP contribution in [0.15, 0.2) is 68.3 Å². The zero-order chi connectivity index (χ0) is 18.9. The smallest absolute Gasteiger partial charge is 0.242 e. The van der Waals surface area contributed by atoms with Gasteiger partial charge in [0.15, 0.2) is 4.80 Å². The standard InChI is InChI=1S/C18H18BrN3O2S2.BrH/c1-21(2)26(23,24)14-9-10-16(19)15(11-14)17-12-25-18(22(17)3)20-13-7-5-4-6-8-13;/h4-12H,1-3H3;1H. The van der Waals surface area contributed by atoms with Crippen LogP contribution in [0.25, 0.3) is 11.3 Å². The Morgan fingerprint density at radius 1 is 1.11 bits per heavy atom. The van der Waals surface area contributed by atoms with Crippen LogP contribution in [0.1, 0.15) is 0 Å². The van der Waals surface area contributed by atoms with Crippen molar-refractivity contribution in [1.29, 1.82) is 0 Å². The lowest BCUT2D eigenvalue weighted by Crippen LogP contribution is -2.22. The minimum absolute atomic E-state index is 0. The van der Waals surface area contributed by atoms with Gasteiger partial charge in [-0.25, -0.2) is 17.7 Å². The number of rotatable bonds is 4. The van der Waals surface area contributed by atoms with Gasteiger partial charge in [0.1, 0.15) is 0 Å². The molecule has 0 aliphatic carbocycles. The molecule has 3 rings (SSSR count). The first-order valence-corrected chi connectivity index (χ1v) is 10.9. The molecule has 1 heterocycles. The van der Waals surface area contributed by atoms with Gasteiger partial charge in [-0.05, 0) is 30.3 Å². The maximum atomic E-state index is 12.4. The summed E-state index contributed by atoms with van der Waals surface area (Å²) in [4.78, 5) is 5.75. The molecule has 3 aromatic rings. The Morgan fingerprint density at radius 2 is 1.78 bits per heavy atom. The second kappa shape index (κ2) is 8.83. The molecule has 0 unspecified atom stereocenters. The highest BCUT2D eigenvalue weighted by atomic mass is 79.9. The van der Waals surface area contributed by atoms with Gasteiger partial charge in [0.25, 0.3) is 0 Å². The number of sulfonamides is 1. The van der Waals surface area contributed by atoms with E-state index in [1.165, 1.54) is 29.7 Å². The fourth-order valence-electron chi connectivity index (χ4n) is 2.40. The summed E-state index contributed by atoms with van der Waals surface area (Å²) in [6, 6.07) is 14.8. The second-order valence-electron chi connectivity index (χ2n) is 5.84. The Balaban J connectivity index is 0.00000261. The summed E-state index contributed by atoms with van der Waals surface area (Å²) in [5.41, 5.74) is 2.58. The molecule has 0 spiro atoms. The lowest BCUT2D eigenvalue weighted by atomic mass is 10.2. The average molecular weight is 533 g/mol. The largest absolute Gasteiger partial charge is 0.320 e. The third-order valence-corrected chi connectivity index (χ3v) is 7.32. The van der Waals surface area contributed by atoms with Crippen LogP contribution in [-0.4, -0.2) is 31.4 Å². The molecule has 0 bridgehead atoms. The first kappa shape index (κ1) is 22.0. The zero-order valence-corrected chi connectivity index (χ0v) is 19.9. The Bertz CT molecular complexity index is 1110. The van der Waals surface area contributed by atoms with Crippen molar-refractivity contribution < 1.29 is 8.42 Å². The number of thiazole rings is 1. The van der Waals surface area contributed by atoms with Gasteiger partial charge in [0, 0.05) is 36.6 Å². The Kier molecular flexibility index (Phi) is 7.20. The molecule has 144 valence electrons. The van der Waals surface area contributed by atoms with Gasteiger partial charge < -0.3 is 4.57 Å². The SMILES string of the molecule is Br.CN(C)S(=O)(=O)c1ccc(Br)c(-c2csc(=Nc3ccccc3)n2C)c1. The van der Waals surface area contributed by atoms with Crippen molar-refractivity contribution in [3.63, 3.8) is 0 Å². The molecule has 0 saturated heterocycles. The van der Waals surface area contributed by atoms with E-state index in [4.69, 9.17) is 0 Å². The summed E-state index contributed by atoms with van der Waals surface area (Å²) >= 11 is 5.04. The monoisotopic (exact) mass is 531 g/mol. The van der Waals surface area contributed by atoms with E-state index in [0.717, 1.165) is 26.2 Å². The van der Waals surface area contributed by atoms with E-state index in [0.29, 0.717) is 0 Å². The van der Waals surface area contributed by atoms with E-state index >= 15 is 0 Å². The zero-order valence-electron chi connectivity index (χ0n) is 15.0. The van der Waals surface area contributed by atoms with Gasteiger partial charge in [0.05, 0.1) is 16.3 Å². The van der Waals surface area contributed by atoms with Crippen molar-refractivity contribution in [2.45, 2.75) is 4.90 Å². The van der Waals surface area contributed by atoms with Crippen LogP contribution in [0.4, 0.5) is 5.69 Å². The third-order valence-electron chi connectivity index (χ3n) is 3.90. The minimum Gasteiger partial charge on any atom is -0.320 e. The number of nitrogens with zero attached hydrogens (tertiary/aromatic N) is 3. The summed E-state index contributed by atoms with van der Waals surface area (Å²) in [6.07, 6.45) is 0.